The predicted molar refractivity (Wildman–Crippen MR) is 116 cm³/mol. The molecule has 1 amide bonds. The first-order chi connectivity index (χ1) is 15.3. The molecule has 0 spiro atoms. The normalized spacial score (nSPS) is 14.5. The zero-order valence-corrected chi connectivity index (χ0v) is 17.2. The van der Waals surface area contributed by atoms with E-state index >= 15 is 0 Å². The van der Waals surface area contributed by atoms with Gasteiger partial charge >= 0.3 is 6.18 Å². The Kier molecular flexibility index (Phi) is 5.52. The SMILES string of the molecule is COc1cc2c(cc1OC)/C(=C(/Nc1ccc(C(F)(F)F)cc1)c1ccccc1)C(=O)N2. The van der Waals surface area contributed by atoms with Crippen LogP contribution in [0.15, 0.2) is 66.7 Å². The highest BCUT2D eigenvalue weighted by atomic mass is 19.4. The summed E-state index contributed by atoms with van der Waals surface area (Å²) in [5.41, 5.74) is 2.28. The average Bonchev–Trinajstić information content (AvgIpc) is 3.11. The van der Waals surface area contributed by atoms with Gasteiger partial charge in [0.2, 0.25) is 0 Å². The van der Waals surface area contributed by atoms with E-state index in [1.54, 1.807) is 12.1 Å². The Balaban J connectivity index is 1.86. The van der Waals surface area contributed by atoms with Crippen LogP contribution in [0.2, 0.25) is 0 Å². The smallest absolute Gasteiger partial charge is 0.416 e. The van der Waals surface area contributed by atoms with Crippen molar-refractivity contribution in [1.82, 2.24) is 0 Å². The summed E-state index contributed by atoms with van der Waals surface area (Å²) in [4.78, 5) is 13.0. The van der Waals surface area contributed by atoms with Crippen LogP contribution in [0.3, 0.4) is 0 Å². The second-order valence-corrected chi connectivity index (χ2v) is 7.02. The fourth-order valence-corrected chi connectivity index (χ4v) is 3.52. The van der Waals surface area contributed by atoms with E-state index in [0.717, 1.165) is 12.1 Å². The van der Waals surface area contributed by atoms with Crippen molar-refractivity contribution < 1.29 is 27.4 Å². The maximum Gasteiger partial charge on any atom is 0.416 e. The van der Waals surface area contributed by atoms with Gasteiger partial charge in [-0.2, -0.15) is 13.2 Å². The molecule has 4 rings (SSSR count). The molecule has 1 aliphatic rings. The Bertz CT molecular complexity index is 1190. The molecule has 1 aliphatic heterocycles. The lowest BCUT2D eigenvalue weighted by Crippen LogP contribution is -2.10. The van der Waals surface area contributed by atoms with Crippen molar-refractivity contribution >= 4 is 28.6 Å². The fraction of sp³-hybridized carbons (Fsp3) is 0.125. The number of carbonyl (C=O) groups is 1. The molecular weight excluding hydrogens is 421 g/mol. The van der Waals surface area contributed by atoms with E-state index in [1.807, 2.05) is 30.3 Å². The molecule has 1 heterocycles. The standard InChI is InChI=1S/C24H19F3N2O3/c1-31-19-12-17-18(13-20(19)32-2)29-23(30)21(17)22(14-6-4-3-5-7-14)28-16-10-8-15(9-11-16)24(25,26)27/h3-13,28H,1-2H3,(H,29,30)/b22-21-. The Morgan fingerprint density at radius 1 is 0.906 bits per heavy atom. The molecule has 0 unspecified atom stereocenters. The molecule has 0 aromatic heterocycles. The highest BCUT2D eigenvalue weighted by molar-refractivity contribution is 6.37. The Morgan fingerprint density at radius 3 is 2.12 bits per heavy atom. The molecule has 0 saturated carbocycles. The fourth-order valence-electron chi connectivity index (χ4n) is 3.52. The number of nitrogens with one attached hydrogen (secondary N) is 2. The van der Waals surface area contributed by atoms with Gasteiger partial charge in [0.15, 0.2) is 11.5 Å². The first-order valence-electron chi connectivity index (χ1n) is 9.63. The van der Waals surface area contributed by atoms with Gasteiger partial charge in [0.1, 0.15) is 0 Å². The maximum absolute atomic E-state index is 13.0. The van der Waals surface area contributed by atoms with Crippen molar-refractivity contribution in [1.29, 1.82) is 0 Å². The van der Waals surface area contributed by atoms with Gasteiger partial charge in [0.05, 0.1) is 36.7 Å². The van der Waals surface area contributed by atoms with Gasteiger partial charge in [0.25, 0.3) is 5.91 Å². The Labute approximate surface area is 182 Å². The number of alkyl halides is 3. The van der Waals surface area contributed by atoms with Crippen LogP contribution < -0.4 is 20.1 Å². The topological polar surface area (TPSA) is 59.6 Å². The van der Waals surface area contributed by atoms with Crippen LogP contribution in [0.4, 0.5) is 24.5 Å². The van der Waals surface area contributed by atoms with Crippen molar-refractivity contribution in [2.75, 3.05) is 24.9 Å². The highest BCUT2D eigenvalue weighted by Gasteiger charge is 2.32. The number of amides is 1. The van der Waals surface area contributed by atoms with E-state index in [0.29, 0.717) is 45.3 Å². The van der Waals surface area contributed by atoms with E-state index < -0.39 is 11.7 Å². The monoisotopic (exact) mass is 440 g/mol. The summed E-state index contributed by atoms with van der Waals surface area (Å²) >= 11 is 0. The molecule has 3 aromatic carbocycles. The van der Waals surface area contributed by atoms with Crippen molar-refractivity contribution in [2.24, 2.45) is 0 Å². The number of hydrogen-bond acceptors (Lipinski definition) is 4. The van der Waals surface area contributed by atoms with Crippen molar-refractivity contribution in [3.05, 3.63) is 83.4 Å². The molecule has 32 heavy (non-hydrogen) atoms. The summed E-state index contributed by atoms with van der Waals surface area (Å²) in [6.07, 6.45) is -4.43. The number of ether oxygens (including phenoxy) is 2. The van der Waals surface area contributed by atoms with Crippen LogP contribution in [0.5, 0.6) is 11.5 Å². The molecule has 8 heteroatoms. The molecule has 0 fully saturated rings. The van der Waals surface area contributed by atoms with E-state index in [1.165, 1.54) is 26.4 Å². The molecule has 5 nitrogen and oxygen atoms in total. The third-order valence-electron chi connectivity index (χ3n) is 5.06. The molecule has 3 aromatic rings. The lowest BCUT2D eigenvalue weighted by atomic mass is 9.99. The minimum atomic E-state index is -4.43. The highest BCUT2D eigenvalue weighted by Crippen LogP contribution is 2.43. The van der Waals surface area contributed by atoms with Crippen LogP contribution in [0.25, 0.3) is 11.3 Å². The van der Waals surface area contributed by atoms with Crippen LogP contribution in [-0.4, -0.2) is 20.1 Å². The molecule has 0 saturated heterocycles. The third kappa shape index (κ3) is 3.99. The molecule has 2 N–H and O–H groups in total. The summed E-state index contributed by atoms with van der Waals surface area (Å²) in [6.45, 7) is 0. The van der Waals surface area contributed by atoms with Crippen LogP contribution in [0, 0.1) is 0 Å². The van der Waals surface area contributed by atoms with Gasteiger partial charge in [-0.3, -0.25) is 4.79 Å². The molecule has 164 valence electrons. The van der Waals surface area contributed by atoms with Gasteiger partial charge in [-0.25, -0.2) is 0 Å². The summed E-state index contributed by atoms with van der Waals surface area (Å²) < 4.78 is 49.5. The Morgan fingerprint density at radius 2 is 1.53 bits per heavy atom. The lowest BCUT2D eigenvalue weighted by molar-refractivity contribution is -0.137. The largest absolute Gasteiger partial charge is 0.493 e. The van der Waals surface area contributed by atoms with E-state index in [4.69, 9.17) is 9.47 Å². The Hall–Kier alpha value is -3.94. The minimum Gasteiger partial charge on any atom is -0.493 e. The van der Waals surface area contributed by atoms with E-state index in [2.05, 4.69) is 10.6 Å². The maximum atomic E-state index is 13.0. The summed E-state index contributed by atoms with van der Waals surface area (Å²) in [6, 6.07) is 17.1. The quantitative estimate of drug-likeness (QED) is 0.503. The van der Waals surface area contributed by atoms with Crippen molar-refractivity contribution in [2.45, 2.75) is 6.18 Å². The average molecular weight is 440 g/mol. The first-order valence-corrected chi connectivity index (χ1v) is 9.63. The van der Waals surface area contributed by atoms with Gasteiger partial charge in [-0.15, -0.1) is 0 Å². The van der Waals surface area contributed by atoms with Crippen LogP contribution >= 0.6 is 0 Å². The number of halogens is 3. The second-order valence-electron chi connectivity index (χ2n) is 7.02. The van der Waals surface area contributed by atoms with Gasteiger partial charge < -0.3 is 20.1 Å². The van der Waals surface area contributed by atoms with Gasteiger partial charge in [-0.05, 0) is 35.9 Å². The number of fused-ring (bicyclic) bond motifs is 1. The van der Waals surface area contributed by atoms with Gasteiger partial charge in [-0.1, -0.05) is 30.3 Å². The third-order valence-corrected chi connectivity index (χ3v) is 5.06. The lowest BCUT2D eigenvalue weighted by Gasteiger charge is -2.16. The summed E-state index contributed by atoms with van der Waals surface area (Å²) in [7, 11) is 3.00. The second kappa shape index (κ2) is 8.30. The zero-order valence-electron chi connectivity index (χ0n) is 17.2. The molecule has 0 aliphatic carbocycles. The van der Waals surface area contributed by atoms with Crippen molar-refractivity contribution in [3.63, 3.8) is 0 Å². The predicted octanol–water partition coefficient (Wildman–Crippen LogP) is 5.66. The molecule has 0 atom stereocenters. The number of rotatable bonds is 5. The zero-order chi connectivity index (χ0) is 22.9. The molecule has 0 bridgehead atoms. The van der Waals surface area contributed by atoms with E-state index in [9.17, 15) is 18.0 Å². The number of anilines is 2. The summed E-state index contributed by atoms with van der Waals surface area (Å²) in [5, 5.41) is 5.95. The minimum absolute atomic E-state index is 0.340. The molecular formula is C24H19F3N2O3. The van der Waals surface area contributed by atoms with E-state index in [-0.39, 0.29) is 5.91 Å². The van der Waals surface area contributed by atoms with Gasteiger partial charge in [0, 0.05) is 17.3 Å². The number of carbonyl (C=O) groups excluding carboxylic acids is 1. The number of methoxy groups -OCH3 is 2. The number of hydrogen-bond donors (Lipinski definition) is 2. The molecule has 0 radical (unpaired) electrons. The van der Waals surface area contributed by atoms with Crippen LogP contribution in [-0.2, 0) is 11.0 Å². The van der Waals surface area contributed by atoms with Crippen LogP contribution in [0.1, 0.15) is 16.7 Å². The summed E-state index contributed by atoms with van der Waals surface area (Å²) in [5.74, 6) is 0.556. The number of benzene rings is 3. The van der Waals surface area contributed by atoms with Crippen molar-refractivity contribution in [3.8, 4) is 11.5 Å². The first kappa shape index (κ1) is 21.3.